The minimum absolute atomic E-state index is 0.000471. The third kappa shape index (κ3) is 23.3. The summed E-state index contributed by atoms with van der Waals surface area (Å²) in [4.78, 5) is 154. The fraction of sp³-hybridized carbons (Fsp3) is 0.343. The van der Waals surface area contributed by atoms with Gasteiger partial charge in [0.15, 0.2) is 33.0 Å². The van der Waals surface area contributed by atoms with Gasteiger partial charge in [0.25, 0.3) is 59.1 Å². The summed E-state index contributed by atoms with van der Waals surface area (Å²) in [6, 6.07) is 41.9. The van der Waals surface area contributed by atoms with E-state index in [1.807, 2.05) is 62.7 Å². The van der Waals surface area contributed by atoms with Crippen LogP contribution in [0.4, 0.5) is 19.0 Å². The number of hydrogen-bond acceptors (Lipinski definition) is 24. The third-order valence-electron chi connectivity index (χ3n) is 28.2. The monoisotopic (exact) mass is 2180 g/mol. The molecule has 11 amide bonds. The predicted octanol–water partition coefficient (Wildman–Crippen LogP) is 14.6. The molecule has 0 radical (unpaired) electrons. The molecule has 11 N–H and O–H groups in total. The number of carbonyl (C=O) groups is 11. The Hall–Kier alpha value is -14.5. The topological polar surface area (TPSA) is 464 Å². The van der Waals surface area contributed by atoms with Gasteiger partial charge in [-0.15, -0.1) is 22.7 Å². The second-order valence-electron chi connectivity index (χ2n) is 40.3. The first-order chi connectivity index (χ1) is 71.3. The number of aryl methyl sites for hydroxylation is 4. The Morgan fingerprint density at radius 1 is 0.400 bits per heavy atom. The summed E-state index contributed by atoms with van der Waals surface area (Å²) < 4.78 is 70.9. The Morgan fingerprint density at radius 3 is 1.14 bits per heavy atom. The van der Waals surface area contributed by atoms with E-state index in [9.17, 15) is 65.9 Å². The maximum absolute atomic E-state index is 13.5. The van der Waals surface area contributed by atoms with Crippen molar-refractivity contribution in [3.8, 4) is 40.5 Å². The van der Waals surface area contributed by atoms with Crippen LogP contribution in [0.3, 0.4) is 0 Å². The lowest BCUT2D eigenvalue weighted by Gasteiger charge is -2.70. The number of halogens is 8. The molecule has 35 nitrogen and oxygen atoms in total. The zero-order valence-electron chi connectivity index (χ0n) is 81.4. The first kappa shape index (κ1) is 105. The number of hydrogen-bond donors (Lipinski definition) is 11. The van der Waals surface area contributed by atoms with Crippen LogP contribution in [0.2, 0.25) is 25.1 Å². The molecule has 10 bridgehead atoms. The summed E-state index contributed by atoms with van der Waals surface area (Å²) in [6.07, 6.45) is 18.6. The van der Waals surface area contributed by atoms with Crippen LogP contribution in [0.25, 0.3) is 16.0 Å². The Kier molecular flexibility index (Phi) is 29.4. The van der Waals surface area contributed by atoms with Crippen molar-refractivity contribution >= 4 is 162 Å². The molecule has 6 heterocycles. The number of carbonyl (C=O) groups excluding carboxylic acids is 11. The first-order valence-electron chi connectivity index (χ1n) is 47.6. The standard InChI is InChI=1S/C24H22ClFN4O3.C21H20ClFN4O4.C21H19ClN4O3S.C20H18ClN3O3S.C19H20ClFN4O3/c1-15-27-8-9-30(15)20-5-3-2-4-17(20)22(32)29-24-12-23(13-24,14-24)28-21(31)11-33-16-6-7-18(25)19(26)10-16;1-12(28)24-17-4-2-3-16(25-17)19(30)27-21-9-20(10-21,11-21)26-18(29)8-31-13-5-6-14(22)15(23)7-13;1-12-6-13(2-3-14(12)22)29-8-17(27)25-20-9-21(10-20,11-20)26-18(28)16-7-15-19(30-16)24-5-4-23-15;1-12-6-13(2-4-15(12)21)27-8-17(25)23-19-9-20(10-19,11-19)24-18(26)16-5-3-14(7-22)28-16;1-11-13(6-22-25(11)2)17(27)24-19-8-18(9-19,10-19)23-16(26)7-28-12-3-4-14(20)15(21)5-12/h2-10H,11-14H2,1H3,(H,28,31)(H,29,32);2-7H,8-11H2,1H3,(H,26,29)(H,27,30)(H,24,25,28);2-7H,8-11H2,1H3,(H,25,27)(H,26,28);2-6H,8-11H2,1H3,(H,23,25)(H,24,26);3-6H,7-10H2,1-2H3,(H,23,26)(H,24,27). The predicted molar refractivity (Wildman–Crippen MR) is 550 cm³/mol. The molecule has 12 aromatic rings. The second-order valence-corrected chi connectivity index (χ2v) is 44.5. The molecule has 0 spiro atoms. The molecule has 0 saturated heterocycles. The van der Waals surface area contributed by atoms with E-state index in [2.05, 4.69) is 83.5 Å². The molecule has 6 aromatic carbocycles. The zero-order chi connectivity index (χ0) is 106. The average molecular weight is 2180 g/mol. The van der Waals surface area contributed by atoms with Gasteiger partial charge >= 0.3 is 0 Å². The van der Waals surface area contributed by atoms with Gasteiger partial charge in [0, 0.05) is 128 Å². The quantitative estimate of drug-likeness (QED) is 0.0186. The maximum atomic E-state index is 13.5. The molecule has 15 aliphatic rings. The fourth-order valence-electron chi connectivity index (χ4n) is 21.8. The number of nitrogens with one attached hydrogen (secondary N) is 11. The van der Waals surface area contributed by atoms with E-state index in [0.29, 0.717) is 130 Å². The minimum Gasteiger partial charge on any atom is -0.484 e. The molecule has 15 saturated carbocycles. The smallest absolute Gasteiger partial charge is 0.270 e. The summed E-state index contributed by atoms with van der Waals surface area (Å²) in [5.41, 5.74) is 2.62. The van der Waals surface area contributed by atoms with Crippen molar-refractivity contribution in [1.82, 2.24) is 87.5 Å². The van der Waals surface area contributed by atoms with E-state index in [4.69, 9.17) is 87.0 Å². The van der Waals surface area contributed by atoms with E-state index in [0.717, 1.165) is 76.1 Å². The van der Waals surface area contributed by atoms with Crippen molar-refractivity contribution in [1.29, 1.82) is 5.26 Å². The lowest BCUT2D eigenvalue weighted by atomic mass is 9.44. The van der Waals surface area contributed by atoms with Gasteiger partial charge in [0.05, 0.1) is 47.8 Å². The number of amides is 11. The van der Waals surface area contributed by atoms with Crippen molar-refractivity contribution in [2.45, 2.75) is 186 Å². The van der Waals surface area contributed by atoms with Crippen LogP contribution in [-0.2, 0) is 35.8 Å². The van der Waals surface area contributed by atoms with Crippen LogP contribution in [-0.4, -0.2) is 188 Å². The molecule has 0 aliphatic heterocycles. The summed E-state index contributed by atoms with van der Waals surface area (Å²) in [5.74, 6) is -1.19. The zero-order valence-corrected chi connectivity index (χ0v) is 86.8. The highest BCUT2D eigenvalue weighted by molar-refractivity contribution is 7.20. The van der Waals surface area contributed by atoms with Crippen LogP contribution in [0.1, 0.15) is 181 Å². The van der Waals surface area contributed by atoms with Gasteiger partial charge in [-0.2, -0.15) is 10.4 Å². The Balaban J connectivity index is 0.000000122. The first-order valence-corrected chi connectivity index (χ1v) is 51.1. The molecule has 0 unspecified atom stereocenters. The van der Waals surface area contributed by atoms with Crippen LogP contribution < -0.4 is 82.2 Å². The van der Waals surface area contributed by atoms with Crippen LogP contribution >= 0.6 is 80.7 Å². The number of aromatic nitrogens is 7. The maximum Gasteiger partial charge on any atom is 0.270 e. The van der Waals surface area contributed by atoms with E-state index in [1.54, 1.807) is 115 Å². The number of nitrogens with zero attached hydrogens (tertiary/aromatic N) is 8. The van der Waals surface area contributed by atoms with E-state index < -0.39 is 17.5 Å². The molecular formula is C105H99Cl5F3N19O16S2. The number of pyridine rings is 1. The Bertz CT molecular complexity index is 7370. The largest absolute Gasteiger partial charge is 0.484 e. The summed E-state index contributed by atoms with van der Waals surface area (Å²) in [6.45, 7) is 8.06. The number of para-hydroxylation sites is 1. The molecule has 15 fully saturated rings. The Labute approximate surface area is 889 Å². The van der Waals surface area contributed by atoms with Crippen LogP contribution in [0.5, 0.6) is 28.7 Å². The third-order valence-corrected chi connectivity index (χ3v) is 32.0. The SMILES string of the molecule is CC(=O)Nc1cccc(C(=O)NC23CC(NC(=O)COc4ccc(Cl)c(F)c4)(C2)C3)n1.Cc1c(C(=O)NC23CC(NC(=O)COc4ccc(Cl)c(F)c4)(C2)C3)cnn1C.Cc1cc(OCC(=O)NC23CC(NC(=O)c4cc5nccnc5s4)(C2)C3)ccc1Cl.Cc1cc(OCC(=O)NC23CC(NC(=O)c4ccc(C#N)s4)(C2)C3)ccc1Cl.Cc1nccn1-c1ccccc1C(=O)NC12CC(NC(=O)COc3ccc(Cl)c(F)c3)(C1)C2. The molecule has 27 rings (SSSR count). The van der Waals surface area contributed by atoms with Crippen molar-refractivity contribution in [3.63, 3.8) is 0 Å². The van der Waals surface area contributed by atoms with Gasteiger partial charge in [0.2, 0.25) is 5.91 Å². The van der Waals surface area contributed by atoms with E-state index in [1.165, 1.54) is 66.0 Å². The van der Waals surface area contributed by atoms with E-state index in [-0.39, 0.29) is 191 Å². The highest BCUT2D eigenvalue weighted by Crippen LogP contribution is 2.64. The summed E-state index contributed by atoms with van der Waals surface area (Å²) in [5, 5.41) is 47.1. The molecule has 6 aromatic heterocycles. The molecule has 0 atom stereocenters. The number of thiophene rings is 2. The lowest BCUT2D eigenvalue weighted by molar-refractivity contribution is -0.142. The number of benzene rings is 6. The molecule has 150 heavy (non-hydrogen) atoms. The van der Waals surface area contributed by atoms with Crippen molar-refractivity contribution in [2.75, 3.05) is 38.4 Å². The van der Waals surface area contributed by atoms with Crippen LogP contribution in [0.15, 0.2) is 183 Å². The van der Waals surface area contributed by atoms with Gasteiger partial charge in [-0.1, -0.05) is 76.2 Å². The van der Waals surface area contributed by atoms with Crippen molar-refractivity contribution in [3.05, 3.63) is 279 Å². The number of anilines is 1. The number of imidazole rings is 1. The number of nitriles is 1. The van der Waals surface area contributed by atoms with E-state index >= 15 is 0 Å². The van der Waals surface area contributed by atoms with Gasteiger partial charge in [-0.25, -0.2) is 28.1 Å². The molecule has 45 heteroatoms. The fourth-order valence-corrected chi connectivity index (χ4v) is 23.9. The minimum atomic E-state index is -0.617. The van der Waals surface area contributed by atoms with Crippen LogP contribution in [0, 0.1) is 56.5 Å². The highest BCUT2D eigenvalue weighted by Gasteiger charge is 2.73. The van der Waals surface area contributed by atoms with Gasteiger partial charge in [-0.05, 0) is 250 Å². The molecule has 15 aliphatic carbocycles. The van der Waals surface area contributed by atoms with Crippen molar-refractivity contribution in [2.24, 2.45) is 7.05 Å². The number of fused-ring (bicyclic) bond motifs is 1. The highest BCUT2D eigenvalue weighted by atomic mass is 35.5. The second kappa shape index (κ2) is 41.8. The Morgan fingerprint density at radius 2 is 0.773 bits per heavy atom. The lowest BCUT2D eigenvalue weighted by Crippen LogP contribution is -2.84. The number of ether oxygens (including phenoxy) is 5. The summed E-state index contributed by atoms with van der Waals surface area (Å²) >= 11 is 31.4. The molecule has 778 valence electrons. The number of rotatable bonds is 32. The normalized spacial score (nSPS) is 23.7. The summed E-state index contributed by atoms with van der Waals surface area (Å²) in [7, 11) is 1.79. The average Bonchev–Trinajstić information content (AvgIpc) is 0.759. The van der Waals surface area contributed by atoms with Gasteiger partial charge < -0.3 is 86.7 Å². The molecular weight excluding hydrogens is 2080 g/mol. The van der Waals surface area contributed by atoms with Gasteiger partial charge in [0.1, 0.15) is 84.8 Å². The van der Waals surface area contributed by atoms with Gasteiger partial charge in [-0.3, -0.25) is 62.4 Å². The van der Waals surface area contributed by atoms with Crippen molar-refractivity contribution < 1.29 is 89.6 Å².